The molecule has 0 unspecified atom stereocenters. The smallest absolute Gasteiger partial charge is 0.277 e. The minimum atomic E-state index is -0.314. The summed E-state index contributed by atoms with van der Waals surface area (Å²) in [5, 5.41) is 11.5. The van der Waals surface area contributed by atoms with Crippen LogP contribution in [-0.4, -0.2) is 25.5 Å². The lowest BCUT2D eigenvalue weighted by Crippen LogP contribution is -2.15. The Bertz CT molecular complexity index is 1190. The van der Waals surface area contributed by atoms with E-state index >= 15 is 0 Å². The summed E-state index contributed by atoms with van der Waals surface area (Å²) in [6.07, 6.45) is 3.56. The molecule has 0 atom stereocenters. The summed E-state index contributed by atoms with van der Waals surface area (Å²) in [5.74, 6) is 1.41. The highest BCUT2D eigenvalue weighted by Crippen LogP contribution is 2.19. The van der Waals surface area contributed by atoms with E-state index in [4.69, 9.17) is 4.74 Å². The molecule has 0 bridgehead atoms. The Morgan fingerprint density at radius 3 is 2.53 bits per heavy atom. The number of benzene rings is 2. The van der Waals surface area contributed by atoms with E-state index in [0.717, 1.165) is 11.3 Å². The van der Waals surface area contributed by atoms with Crippen molar-refractivity contribution in [1.29, 1.82) is 0 Å². The van der Waals surface area contributed by atoms with Crippen molar-refractivity contribution in [3.63, 3.8) is 0 Å². The molecule has 0 radical (unpaired) electrons. The molecule has 0 fully saturated rings. The van der Waals surface area contributed by atoms with Gasteiger partial charge in [-0.05, 0) is 42.2 Å². The number of nitrogens with zero attached hydrogens (tertiary/aromatic N) is 4. The molecule has 2 aromatic heterocycles. The average molecular weight is 430 g/mol. The van der Waals surface area contributed by atoms with E-state index in [1.165, 1.54) is 11.1 Å². The van der Waals surface area contributed by atoms with Crippen LogP contribution in [0.1, 0.15) is 46.9 Å². The number of aromatic nitrogens is 4. The SMILES string of the molecule is Cc1cccc(Cn2ccc(NC(=O)c3ccn(COc4ccc(C(C)C)cc4)n3)n2)c1. The van der Waals surface area contributed by atoms with Gasteiger partial charge in [0, 0.05) is 18.5 Å². The Hall–Kier alpha value is -3.87. The first-order valence-corrected chi connectivity index (χ1v) is 10.6. The summed E-state index contributed by atoms with van der Waals surface area (Å²) in [6, 6.07) is 19.7. The van der Waals surface area contributed by atoms with Crippen molar-refractivity contribution in [3.8, 4) is 5.75 Å². The number of amides is 1. The third kappa shape index (κ3) is 5.43. The van der Waals surface area contributed by atoms with E-state index in [9.17, 15) is 4.79 Å². The fourth-order valence-electron chi connectivity index (χ4n) is 3.34. The van der Waals surface area contributed by atoms with Gasteiger partial charge in [0.1, 0.15) is 5.75 Å². The second-order valence-corrected chi connectivity index (χ2v) is 8.08. The maximum Gasteiger partial charge on any atom is 0.277 e. The van der Waals surface area contributed by atoms with Gasteiger partial charge in [-0.3, -0.25) is 9.48 Å². The van der Waals surface area contributed by atoms with Gasteiger partial charge in [0.15, 0.2) is 18.2 Å². The Morgan fingerprint density at radius 2 is 1.78 bits per heavy atom. The average Bonchev–Trinajstić information content (AvgIpc) is 3.42. The molecule has 2 heterocycles. The molecule has 0 aliphatic rings. The van der Waals surface area contributed by atoms with Crippen LogP contribution in [0.3, 0.4) is 0 Å². The van der Waals surface area contributed by atoms with E-state index in [2.05, 4.69) is 66.6 Å². The summed E-state index contributed by atoms with van der Waals surface area (Å²) < 4.78 is 9.14. The molecule has 0 spiro atoms. The Labute approximate surface area is 187 Å². The number of ether oxygens (including phenoxy) is 1. The highest BCUT2D eigenvalue weighted by molar-refractivity contribution is 6.02. The van der Waals surface area contributed by atoms with Gasteiger partial charge in [0.05, 0.1) is 6.54 Å². The molecule has 1 amide bonds. The molecular weight excluding hydrogens is 402 g/mol. The van der Waals surface area contributed by atoms with Crippen molar-refractivity contribution in [2.24, 2.45) is 0 Å². The molecule has 4 aromatic rings. The van der Waals surface area contributed by atoms with Gasteiger partial charge in [-0.2, -0.15) is 10.2 Å². The number of aryl methyl sites for hydroxylation is 1. The molecule has 1 N–H and O–H groups in total. The normalized spacial score (nSPS) is 11.0. The molecule has 32 heavy (non-hydrogen) atoms. The fourth-order valence-corrected chi connectivity index (χ4v) is 3.34. The van der Waals surface area contributed by atoms with Crippen LogP contribution in [0.4, 0.5) is 5.82 Å². The first kappa shape index (κ1) is 21.4. The molecule has 2 aromatic carbocycles. The molecule has 7 heteroatoms. The van der Waals surface area contributed by atoms with Gasteiger partial charge in [0.25, 0.3) is 5.91 Å². The van der Waals surface area contributed by atoms with Crippen molar-refractivity contribution in [2.75, 3.05) is 5.32 Å². The third-order valence-electron chi connectivity index (χ3n) is 5.09. The van der Waals surface area contributed by atoms with Gasteiger partial charge in [0.2, 0.25) is 0 Å². The molecule has 0 saturated carbocycles. The maximum atomic E-state index is 12.5. The van der Waals surface area contributed by atoms with Crippen LogP contribution in [-0.2, 0) is 13.3 Å². The maximum absolute atomic E-state index is 12.5. The first-order valence-electron chi connectivity index (χ1n) is 10.6. The first-order chi connectivity index (χ1) is 15.5. The van der Waals surface area contributed by atoms with E-state index in [0.29, 0.717) is 24.0 Å². The number of nitrogens with one attached hydrogen (secondary N) is 1. The molecule has 164 valence electrons. The predicted molar refractivity (Wildman–Crippen MR) is 124 cm³/mol. The topological polar surface area (TPSA) is 74.0 Å². The van der Waals surface area contributed by atoms with Crippen LogP contribution in [0.25, 0.3) is 0 Å². The molecule has 7 nitrogen and oxygen atoms in total. The number of anilines is 1. The predicted octanol–water partition coefficient (Wildman–Crippen LogP) is 4.85. The Morgan fingerprint density at radius 1 is 1.00 bits per heavy atom. The van der Waals surface area contributed by atoms with Crippen molar-refractivity contribution >= 4 is 11.7 Å². The minimum Gasteiger partial charge on any atom is -0.471 e. The van der Waals surface area contributed by atoms with Crippen molar-refractivity contribution in [2.45, 2.75) is 40.0 Å². The monoisotopic (exact) mass is 429 g/mol. The third-order valence-corrected chi connectivity index (χ3v) is 5.09. The lowest BCUT2D eigenvalue weighted by atomic mass is 10.0. The standard InChI is InChI=1S/C25H27N5O2/c1-18(2)21-7-9-22(10-8-21)32-17-30-13-11-23(27-30)25(31)26-24-12-14-29(28-24)16-20-6-4-5-19(3)15-20/h4-15,18H,16-17H2,1-3H3,(H,26,28,31). The van der Waals surface area contributed by atoms with E-state index < -0.39 is 0 Å². The summed E-state index contributed by atoms with van der Waals surface area (Å²) in [6.45, 7) is 7.23. The lowest BCUT2D eigenvalue weighted by Gasteiger charge is -2.09. The van der Waals surface area contributed by atoms with Crippen LogP contribution >= 0.6 is 0 Å². The Balaban J connectivity index is 1.31. The quantitative estimate of drug-likeness (QED) is 0.435. The summed E-state index contributed by atoms with van der Waals surface area (Å²) in [4.78, 5) is 12.5. The second kappa shape index (κ2) is 9.51. The van der Waals surface area contributed by atoms with E-state index in [1.54, 1.807) is 27.7 Å². The largest absolute Gasteiger partial charge is 0.471 e. The number of hydrogen-bond acceptors (Lipinski definition) is 4. The zero-order valence-electron chi connectivity index (χ0n) is 18.5. The van der Waals surface area contributed by atoms with Gasteiger partial charge in [-0.15, -0.1) is 0 Å². The number of rotatable bonds is 8. The lowest BCUT2D eigenvalue weighted by molar-refractivity contribution is 0.101. The van der Waals surface area contributed by atoms with E-state index in [-0.39, 0.29) is 12.6 Å². The van der Waals surface area contributed by atoms with E-state index in [1.807, 2.05) is 24.4 Å². The number of carbonyl (C=O) groups excluding carboxylic acids is 1. The van der Waals surface area contributed by atoms with Crippen molar-refractivity contribution in [3.05, 3.63) is 95.4 Å². The second-order valence-electron chi connectivity index (χ2n) is 8.08. The van der Waals surface area contributed by atoms with Crippen molar-refractivity contribution < 1.29 is 9.53 Å². The minimum absolute atomic E-state index is 0.222. The van der Waals surface area contributed by atoms with Gasteiger partial charge >= 0.3 is 0 Å². The Kier molecular flexibility index (Phi) is 6.35. The van der Waals surface area contributed by atoms with Crippen LogP contribution in [0.5, 0.6) is 5.75 Å². The summed E-state index contributed by atoms with van der Waals surface area (Å²) in [7, 11) is 0. The van der Waals surface area contributed by atoms with Crippen LogP contribution in [0.2, 0.25) is 0 Å². The van der Waals surface area contributed by atoms with Crippen molar-refractivity contribution in [1.82, 2.24) is 19.6 Å². The molecule has 0 saturated heterocycles. The fraction of sp³-hybridized carbons (Fsp3) is 0.240. The molecule has 0 aliphatic heterocycles. The van der Waals surface area contributed by atoms with Gasteiger partial charge in [-0.25, -0.2) is 4.68 Å². The highest BCUT2D eigenvalue weighted by Gasteiger charge is 2.12. The number of carbonyl (C=O) groups is 1. The van der Waals surface area contributed by atoms with Crippen LogP contribution in [0.15, 0.2) is 73.1 Å². The summed E-state index contributed by atoms with van der Waals surface area (Å²) >= 11 is 0. The van der Waals surface area contributed by atoms with Gasteiger partial charge < -0.3 is 10.1 Å². The van der Waals surface area contributed by atoms with Crippen LogP contribution < -0.4 is 10.1 Å². The van der Waals surface area contributed by atoms with Gasteiger partial charge in [-0.1, -0.05) is 55.8 Å². The summed E-state index contributed by atoms with van der Waals surface area (Å²) in [5.41, 5.74) is 3.92. The molecule has 0 aliphatic carbocycles. The zero-order chi connectivity index (χ0) is 22.5. The molecule has 4 rings (SSSR count). The number of hydrogen-bond donors (Lipinski definition) is 1. The zero-order valence-corrected chi connectivity index (χ0v) is 18.5. The highest BCUT2D eigenvalue weighted by atomic mass is 16.5. The molecular formula is C25H27N5O2. The van der Waals surface area contributed by atoms with Crippen LogP contribution in [0, 0.1) is 6.92 Å².